The summed E-state index contributed by atoms with van der Waals surface area (Å²) in [4.78, 5) is 59.4. The standard InChI is InChI=1S/C61H73ClN8O7S/c1-37(2)54(59(74)69-34-44(71)31-51(69)57(72)64-48(35-68-26-28-75-29-27-68)41-12-14-42(15-13-41)56-38(3)63-36-78-56)52-32-53(66-77-52)76-45-17-10-39(11-18-45)33-67-24-20-40(21-25-67)43-16-19-46-50(30-43)70-49-9-7-8-47(62)55(49)58(73)65-60(70)61(46)22-5-4-6-23-61/h7-9,12-16,19,30,32,36-37,39-40,44-45,48,51,54,71H,4-6,10-11,17-18,20-29,31,33-35H2,1-3H3,(H,64,72)/t39?,44-,45?,48+,51+,54-/m1/s1. The molecular weight excluding hydrogens is 1020 g/mol. The molecule has 5 fully saturated rings. The number of aromatic nitrogens is 4. The van der Waals surface area contributed by atoms with Crippen molar-refractivity contribution in [3.05, 3.63) is 122 Å². The molecule has 3 aromatic heterocycles. The van der Waals surface area contributed by atoms with Gasteiger partial charge in [-0.1, -0.05) is 87.2 Å². The predicted octanol–water partition coefficient (Wildman–Crippen LogP) is 9.73. The Morgan fingerprint density at radius 2 is 1.71 bits per heavy atom. The van der Waals surface area contributed by atoms with Gasteiger partial charge in [0.15, 0.2) is 5.76 Å². The number of benzene rings is 3. The number of hydrogen-bond donors (Lipinski definition) is 2. The number of nitrogens with one attached hydrogen (secondary N) is 1. The van der Waals surface area contributed by atoms with Crippen LogP contribution in [0.25, 0.3) is 27.0 Å². The summed E-state index contributed by atoms with van der Waals surface area (Å²) in [6.07, 6.45) is 11.0. The SMILES string of the molecule is Cc1ncsc1-c1ccc([C@H](CN2CCOCC2)NC(=O)[C@@H]2C[C@@H](O)CN2C(=O)[C@@H](c2cc(OC3CCC(CN4CCC(c5ccc6c(c5)-n5c(nc(=O)c7c(Cl)cccc75)C65CCCCC5)CC4)CC3)no2)C(C)C)cc1. The number of thiazole rings is 1. The molecule has 4 atom stereocenters. The number of likely N-dealkylation sites (tertiary alicyclic amines) is 2. The molecule has 3 aromatic carbocycles. The average Bonchev–Trinajstić information content (AvgIpc) is 4.37. The number of nitrogens with zero attached hydrogens (tertiary/aromatic N) is 7. The highest BCUT2D eigenvalue weighted by molar-refractivity contribution is 7.13. The van der Waals surface area contributed by atoms with Gasteiger partial charge >= 0.3 is 0 Å². The van der Waals surface area contributed by atoms with E-state index in [0.717, 1.165) is 130 Å². The van der Waals surface area contributed by atoms with Crippen LogP contribution in [0.15, 0.2) is 81.6 Å². The largest absolute Gasteiger partial charge is 0.472 e. The van der Waals surface area contributed by atoms with E-state index >= 15 is 0 Å². The second-order valence-corrected chi connectivity index (χ2v) is 24.8. The van der Waals surface area contributed by atoms with Gasteiger partial charge < -0.3 is 34.2 Å². The van der Waals surface area contributed by atoms with Crippen molar-refractivity contribution >= 4 is 45.7 Å². The molecule has 2 aliphatic carbocycles. The fourth-order valence-electron chi connectivity index (χ4n) is 14.1. The minimum Gasteiger partial charge on any atom is -0.472 e. The van der Waals surface area contributed by atoms with Crippen molar-refractivity contribution in [1.29, 1.82) is 0 Å². The Hall–Kier alpha value is -5.49. The van der Waals surface area contributed by atoms with Crippen molar-refractivity contribution in [3.8, 4) is 22.0 Å². The maximum atomic E-state index is 14.6. The number of hydrogen-bond acceptors (Lipinski definition) is 13. The van der Waals surface area contributed by atoms with Crippen LogP contribution in [0, 0.1) is 18.8 Å². The zero-order valence-corrected chi connectivity index (χ0v) is 46.8. The molecule has 17 heteroatoms. The van der Waals surface area contributed by atoms with Gasteiger partial charge in [-0.15, -0.1) is 11.3 Å². The Labute approximate surface area is 465 Å². The number of aryl methyl sites for hydroxylation is 1. The van der Waals surface area contributed by atoms with E-state index < -0.39 is 18.1 Å². The molecule has 2 N–H and O–H groups in total. The second-order valence-electron chi connectivity index (χ2n) is 23.5. The third kappa shape index (κ3) is 10.5. The Morgan fingerprint density at radius 3 is 2.44 bits per heavy atom. The highest BCUT2D eigenvalue weighted by Gasteiger charge is 2.47. The summed E-state index contributed by atoms with van der Waals surface area (Å²) >= 11 is 8.26. The van der Waals surface area contributed by atoms with Gasteiger partial charge in [0.25, 0.3) is 11.4 Å². The molecule has 412 valence electrons. The first-order valence-electron chi connectivity index (χ1n) is 28.7. The molecule has 7 heterocycles. The number of rotatable bonds is 14. The molecule has 0 unspecified atom stereocenters. The Kier molecular flexibility index (Phi) is 15.4. The van der Waals surface area contributed by atoms with E-state index in [1.54, 1.807) is 23.5 Å². The van der Waals surface area contributed by atoms with Crippen LogP contribution in [0.3, 0.4) is 0 Å². The number of β-amino-alcohol motifs (C(OH)–C–C–N with tert-alkyl or cyclic N) is 1. The number of carbonyl (C=O) groups excluding carboxylic acids is 2. The lowest BCUT2D eigenvalue weighted by atomic mass is 9.69. The highest BCUT2D eigenvalue weighted by atomic mass is 35.5. The normalized spacial score (nSPS) is 23.6. The minimum atomic E-state index is -0.854. The van der Waals surface area contributed by atoms with Crippen LogP contribution in [0.1, 0.15) is 143 Å². The van der Waals surface area contributed by atoms with Crippen molar-refractivity contribution in [2.45, 2.75) is 139 Å². The summed E-state index contributed by atoms with van der Waals surface area (Å²) in [7, 11) is 0. The van der Waals surface area contributed by atoms with Gasteiger partial charge in [0.2, 0.25) is 11.8 Å². The molecule has 2 amide bonds. The lowest BCUT2D eigenvalue weighted by molar-refractivity contribution is -0.141. The molecule has 78 heavy (non-hydrogen) atoms. The van der Waals surface area contributed by atoms with Crippen LogP contribution < -0.4 is 15.6 Å². The van der Waals surface area contributed by atoms with Gasteiger partial charge in [0.05, 0.1) is 68.5 Å². The van der Waals surface area contributed by atoms with E-state index in [0.29, 0.717) is 53.6 Å². The van der Waals surface area contributed by atoms with Crippen molar-refractivity contribution in [2.75, 3.05) is 59.0 Å². The second kappa shape index (κ2) is 22.6. The number of amides is 2. The Morgan fingerprint density at radius 1 is 0.936 bits per heavy atom. The summed E-state index contributed by atoms with van der Waals surface area (Å²) in [5, 5.41) is 19.6. The number of piperidine rings is 1. The molecule has 0 radical (unpaired) electrons. The van der Waals surface area contributed by atoms with Crippen LogP contribution in [0.4, 0.5) is 0 Å². The zero-order valence-electron chi connectivity index (χ0n) is 45.2. The van der Waals surface area contributed by atoms with Crippen molar-refractivity contribution < 1.29 is 28.7 Å². The van der Waals surface area contributed by atoms with Crippen molar-refractivity contribution in [1.82, 2.24) is 39.7 Å². The fraction of sp³-hybridized carbons (Fsp3) is 0.541. The average molecular weight is 1100 g/mol. The van der Waals surface area contributed by atoms with E-state index in [1.165, 1.54) is 28.1 Å². The van der Waals surface area contributed by atoms with E-state index in [1.807, 2.05) is 38.4 Å². The van der Waals surface area contributed by atoms with Gasteiger partial charge in [0.1, 0.15) is 23.9 Å². The number of aliphatic hydroxyl groups excluding tert-OH is 1. The fourth-order valence-corrected chi connectivity index (χ4v) is 15.1. The lowest BCUT2D eigenvalue weighted by Crippen LogP contribution is -2.50. The Bertz CT molecular complexity index is 3180. The van der Waals surface area contributed by atoms with E-state index in [-0.39, 0.29) is 53.8 Å². The van der Waals surface area contributed by atoms with Crippen LogP contribution in [-0.4, -0.2) is 129 Å². The molecule has 6 aliphatic rings. The van der Waals surface area contributed by atoms with Gasteiger partial charge in [0, 0.05) is 45.2 Å². The molecule has 3 saturated heterocycles. The van der Waals surface area contributed by atoms with E-state index in [4.69, 9.17) is 30.6 Å². The maximum Gasteiger partial charge on any atom is 0.282 e. The van der Waals surface area contributed by atoms with E-state index in [2.05, 4.69) is 72.3 Å². The van der Waals surface area contributed by atoms with Gasteiger partial charge in [-0.05, 0) is 135 Å². The summed E-state index contributed by atoms with van der Waals surface area (Å²) in [5.74, 6) is 1.24. The quantitative estimate of drug-likeness (QED) is 0.106. The summed E-state index contributed by atoms with van der Waals surface area (Å²) in [6, 6.07) is 21.7. The van der Waals surface area contributed by atoms with Crippen molar-refractivity contribution in [2.24, 2.45) is 11.8 Å². The first-order chi connectivity index (χ1) is 37.9. The molecule has 0 bridgehead atoms. The van der Waals surface area contributed by atoms with Gasteiger partial charge in [-0.25, -0.2) is 4.98 Å². The molecule has 2 saturated carbocycles. The number of aliphatic hydroxyl groups is 1. The first kappa shape index (κ1) is 53.2. The number of fused-ring (bicyclic) bond motifs is 7. The maximum absolute atomic E-state index is 14.6. The van der Waals surface area contributed by atoms with Gasteiger partial charge in [-0.3, -0.25) is 23.9 Å². The summed E-state index contributed by atoms with van der Waals surface area (Å²) in [6.45, 7) is 12.5. The zero-order chi connectivity index (χ0) is 53.7. The number of carbonyl (C=O) groups is 2. The molecule has 12 rings (SSSR count). The predicted molar refractivity (Wildman–Crippen MR) is 302 cm³/mol. The molecule has 1 spiro atoms. The smallest absolute Gasteiger partial charge is 0.282 e. The van der Waals surface area contributed by atoms with Crippen LogP contribution >= 0.6 is 22.9 Å². The monoisotopic (exact) mass is 1100 g/mol. The molecular formula is C61H73ClN8O7S. The minimum absolute atomic E-state index is 0.00231. The first-order valence-corrected chi connectivity index (χ1v) is 30.0. The van der Waals surface area contributed by atoms with E-state index in [9.17, 15) is 19.5 Å². The highest BCUT2D eigenvalue weighted by Crippen LogP contribution is 2.52. The van der Waals surface area contributed by atoms with Crippen LogP contribution in [0.2, 0.25) is 5.02 Å². The summed E-state index contributed by atoms with van der Waals surface area (Å²) < 4.78 is 20.3. The van der Waals surface area contributed by atoms with Gasteiger partial charge in [-0.2, -0.15) is 4.98 Å². The molecule has 15 nitrogen and oxygen atoms in total. The molecule has 4 aliphatic heterocycles. The summed E-state index contributed by atoms with van der Waals surface area (Å²) in [5.41, 5.74) is 9.11. The third-order valence-corrected chi connectivity index (χ3v) is 19.5. The van der Waals surface area contributed by atoms with Crippen LogP contribution in [-0.2, 0) is 19.7 Å². The topological polar surface area (TPSA) is 168 Å². The molecule has 6 aromatic rings. The number of halogens is 1. The number of morpholine rings is 1. The third-order valence-electron chi connectivity index (χ3n) is 18.2. The number of ether oxygens (including phenoxy) is 2. The van der Waals surface area contributed by atoms with Crippen molar-refractivity contribution in [3.63, 3.8) is 0 Å². The lowest BCUT2D eigenvalue weighted by Gasteiger charge is -2.37. The Balaban J connectivity index is 0.650. The van der Waals surface area contributed by atoms with Crippen LogP contribution in [0.5, 0.6) is 5.88 Å².